The van der Waals surface area contributed by atoms with E-state index in [4.69, 9.17) is 10.5 Å². The Bertz CT molecular complexity index is 396. The van der Waals surface area contributed by atoms with Gasteiger partial charge in [-0.15, -0.1) is 0 Å². The molecule has 2 rings (SSSR count). The van der Waals surface area contributed by atoms with Crippen LogP contribution in [-0.2, 0) is 16.0 Å². The lowest BCUT2D eigenvalue weighted by Crippen LogP contribution is -2.43. The van der Waals surface area contributed by atoms with Crippen LogP contribution in [0.3, 0.4) is 0 Å². The van der Waals surface area contributed by atoms with E-state index in [1.165, 1.54) is 5.56 Å². The zero-order valence-corrected chi connectivity index (χ0v) is 11.4. The quantitative estimate of drug-likeness (QED) is 0.603. The van der Waals surface area contributed by atoms with Gasteiger partial charge in [0.15, 0.2) is 0 Å². The number of nitrogens with one attached hydrogen (secondary N) is 1. The lowest BCUT2D eigenvalue weighted by molar-refractivity contribution is -0.152. The fourth-order valence-electron chi connectivity index (χ4n) is 2.58. The first-order valence-corrected chi connectivity index (χ1v) is 7.17. The molecule has 0 bridgehead atoms. The van der Waals surface area contributed by atoms with Crippen molar-refractivity contribution in [2.45, 2.75) is 50.5 Å². The van der Waals surface area contributed by atoms with Crippen molar-refractivity contribution in [2.75, 3.05) is 6.61 Å². The van der Waals surface area contributed by atoms with Gasteiger partial charge in [-0.2, -0.15) is 0 Å². The summed E-state index contributed by atoms with van der Waals surface area (Å²) in [7, 11) is 0. The summed E-state index contributed by atoms with van der Waals surface area (Å²) < 4.78 is 5.28. The molecule has 1 radical (unpaired) electrons. The molecule has 3 nitrogen and oxygen atoms in total. The van der Waals surface area contributed by atoms with Crippen molar-refractivity contribution in [1.29, 1.82) is 0 Å². The van der Waals surface area contributed by atoms with Gasteiger partial charge in [-0.1, -0.05) is 49.6 Å². The molecule has 0 amide bonds. The SMILES string of the molecule is [NH]C1(C(=O)OCCCc2ccccc2)CCCCC1. The van der Waals surface area contributed by atoms with Gasteiger partial charge in [-0.25, -0.2) is 10.5 Å². The summed E-state index contributed by atoms with van der Waals surface area (Å²) in [6.45, 7) is 0.425. The minimum Gasteiger partial charge on any atom is -0.464 e. The van der Waals surface area contributed by atoms with Gasteiger partial charge in [0.2, 0.25) is 0 Å². The molecule has 0 unspecified atom stereocenters. The molecule has 1 fully saturated rings. The second kappa shape index (κ2) is 6.71. The van der Waals surface area contributed by atoms with Crippen LogP contribution in [0.15, 0.2) is 30.3 Å². The number of hydrogen-bond donors (Lipinski definition) is 0. The van der Waals surface area contributed by atoms with Gasteiger partial charge in [-0.05, 0) is 31.2 Å². The van der Waals surface area contributed by atoms with Crippen molar-refractivity contribution in [3.8, 4) is 0 Å². The number of aryl methyl sites for hydroxylation is 1. The summed E-state index contributed by atoms with van der Waals surface area (Å²) >= 11 is 0. The van der Waals surface area contributed by atoms with Gasteiger partial charge >= 0.3 is 5.97 Å². The third-order valence-corrected chi connectivity index (χ3v) is 3.78. The molecular weight excluding hydrogens is 238 g/mol. The zero-order valence-electron chi connectivity index (χ0n) is 11.4. The van der Waals surface area contributed by atoms with Crippen molar-refractivity contribution in [1.82, 2.24) is 5.73 Å². The largest absolute Gasteiger partial charge is 0.464 e. The van der Waals surface area contributed by atoms with E-state index in [-0.39, 0.29) is 5.97 Å². The minimum atomic E-state index is -0.967. The summed E-state index contributed by atoms with van der Waals surface area (Å²) in [4.78, 5) is 11.9. The van der Waals surface area contributed by atoms with Gasteiger partial charge in [0.25, 0.3) is 0 Å². The number of hydrogen-bond acceptors (Lipinski definition) is 2. The first kappa shape index (κ1) is 14.1. The molecule has 103 valence electrons. The van der Waals surface area contributed by atoms with E-state index in [1.54, 1.807) is 0 Å². The number of carbonyl (C=O) groups excluding carboxylic acids is 1. The van der Waals surface area contributed by atoms with Crippen LogP contribution in [0.5, 0.6) is 0 Å². The fourth-order valence-corrected chi connectivity index (χ4v) is 2.58. The molecule has 0 heterocycles. The highest BCUT2D eigenvalue weighted by Crippen LogP contribution is 2.28. The van der Waals surface area contributed by atoms with Crippen molar-refractivity contribution < 1.29 is 9.53 Å². The van der Waals surface area contributed by atoms with Crippen LogP contribution >= 0.6 is 0 Å². The molecule has 0 saturated heterocycles. The zero-order chi connectivity index (χ0) is 13.6. The lowest BCUT2D eigenvalue weighted by atomic mass is 9.83. The van der Waals surface area contributed by atoms with E-state index in [2.05, 4.69) is 12.1 Å². The first-order chi connectivity index (χ1) is 9.21. The van der Waals surface area contributed by atoms with Gasteiger partial charge in [0.1, 0.15) is 5.54 Å². The van der Waals surface area contributed by atoms with E-state index in [1.807, 2.05) is 18.2 Å². The van der Waals surface area contributed by atoms with Crippen LogP contribution in [-0.4, -0.2) is 18.1 Å². The molecule has 1 aromatic rings. The average molecular weight is 260 g/mol. The number of carbonyl (C=O) groups is 1. The van der Waals surface area contributed by atoms with Gasteiger partial charge < -0.3 is 4.74 Å². The topological polar surface area (TPSA) is 50.1 Å². The van der Waals surface area contributed by atoms with Crippen molar-refractivity contribution in [2.24, 2.45) is 0 Å². The number of ether oxygens (including phenoxy) is 1. The summed E-state index contributed by atoms with van der Waals surface area (Å²) in [6, 6.07) is 10.2. The number of rotatable bonds is 5. The predicted octanol–water partition coefficient (Wildman–Crippen LogP) is 3.15. The summed E-state index contributed by atoms with van der Waals surface area (Å²) in [5.41, 5.74) is 8.45. The molecule has 0 aromatic heterocycles. The van der Waals surface area contributed by atoms with E-state index >= 15 is 0 Å². The Morgan fingerprint density at radius 3 is 2.53 bits per heavy atom. The summed E-state index contributed by atoms with van der Waals surface area (Å²) in [5.74, 6) is -0.319. The maximum absolute atomic E-state index is 11.9. The van der Waals surface area contributed by atoms with Crippen LogP contribution < -0.4 is 5.73 Å². The van der Waals surface area contributed by atoms with Crippen LogP contribution in [0.2, 0.25) is 0 Å². The monoisotopic (exact) mass is 260 g/mol. The summed E-state index contributed by atoms with van der Waals surface area (Å²) in [5, 5.41) is 0. The van der Waals surface area contributed by atoms with Crippen molar-refractivity contribution in [3.05, 3.63) is 35.9 Å². The first-order valence-electron chi connectivity index (χ1n) is 7.17. The normalized spacial score (nSPS) is 17.9. The molecule has 1 saturated carbocycles. The Kier molecular flexibility index (Phi) is 4.97. The van der Waals surface area contributed by atoms with E-state index < -0.39 is 5.54 Å². The number of benzene rings is 1. The molecule has 0 aliphatic heterocycles. The highest BCUT2D eigenvalue weighted by atomic mass is 16.5. The molecule has 19 heavy (non-hydrogen) atoms. The smallest absolute Gasteiger partial charge is 0.327 e. The van der Waals surface area contributed by atoms with Crippen LogP contribution in [0.4, 0.5) is 0 Å². The third-order valence-electron chi connectivity index (χ3n) is 3.78. The summed E-state index contributed by atoms with van der Waals surface area (Å²) in [6.07, 6.45) is 6.15. The van der Waals surface area contributed by atoms with Gasteiger partial charge in [0, 0.05) is 0 Å². The van der Waals surface area contributed by atoms with E-state index in [9.17, 15) is 4.79 Å². The molecular formula is C16H22NO2. The fraction of sp³-hybridized carbons (Fsp3) is 0.562. The van der Waals surface area contributed by atoms with Crippen LogP contribution in [0.25, 0.3) is 0 Å². The lowest BCUT2D eigenvalue weighted by Gasteiger charge is -2.29. The average Bonchev–Trinajstić information content (AvgIpc) is 2.45. The van der Waals surface area contributed by atoms with Crippen LogP contribution in [0, 0.1) is 0 Å². The third kappa shape index (κ3) is 4.06. The standard InChI is InChI=1S/C16H22NO2/c17-16(11-5-2-6-12-16)15(18)19-13-7-10-14-8-3-1-4-9-14/h1,3-4,8-9,17H,2,5-7,10-13H2. The van der Waals surface area contributed by atoms with Crippen molar-refractivity contribution in [3.63, 3.8) is 0 Å². The Labute approximate surface area is 115 Å². The van der Waals surface area contributed by atoms with Gasteiger partial charge in [0.05, 0.1) is 6.61 Å². The van der Waals surface area contributed by atoms with Crippen molar-refractivity contribution >= 4 is 5.97 Å². The molecule has 1 aliphatic rings. The predicted molar refractivity (Wildman–Crippen MR) is 74.6 cm³/mol. The van der Waals surface area contributed by atoms with E-state index in [0.29, 0.717) is 19.4 Å². The maximum Gasteiger partial charge on any atom is 0.327 e. The Morgan fingerprint density at radius 1 is 1.16 bits per heavy atom. The molecule has 1 aliphatic carbocycles. The Morgan fingerprint density at radius 2 is 1.84 bits per heavy atom. The highest BCUT2D eigenvalue weighted by molar-refractivity contribution is 5.80. The second-order valence-electron chi connectivity index (χ2n) is 5.37. The maximum atomic E-state index is 11.9. The molecule has 1 aromatic carbocycles. The minimum absolute atomic E-state index is 0.319. The highest BCUT2D eigenvalue weighted by Gasteiger charge is 2.37. The number of esters is 1. The molecule has 0 spiro atoms. The molecule has 1 N–H and O–H groups in total. The molecule has 0 atom stereocenters. The molecule has 3 heteroatoms. The Balaban J connectivity index is 1.69. The second-order valence-corrected chi connectivity index (χ2v) is 5.37. The Hall–Kier alpha value is -1.35. The van der Waals surface area contributed by atoms with E-state index in [0.717, 1.165) is 32.1 Å². The van der Waals surface area contributed by atoms with Crippen LogP contribution in [0.1, 0.15) is 44.1 Å². The van der Waals surface area contributed by atoms with Gasteiger partial charge in [-0.3, -0.25) is 0 Å².